The Labute approximate surface area is 153 Å². The minimum atomic E-state index is -0.650. The fourth-order valence-corrected chi connectivity index (χ4v) is 3.36. The Morgan fingerprint density at radius 2 is 2.00 bits per heavy atom. The molecule has 2 heterocycles. The lowest BCUT2D eigenvalue weighted by molar-refractivity contribution is -0.944. The van der Waals surface area contributed by atoms with Crippen molar-refractivity contribution in [1.29, 1.82) is 0 Å². The molecule has 0 aromatic heterocycles. The molecule has 3 aliphatic rings. The van der Waals surface area contributed by atoms with E-state index < -0.39 is 11.7 Å². The van der Waals surface area contributed by atoms with Gasteiger partial charge in [-0.25, -0.2) is 9.78 Å². The molecule has 1 N–H and O–H groups in total. The number of quaternary nitrogens is 1. The fraction of sp³-hybridized carbons (Fsp3) is 0.526. The second kappa shape index (κ2) is 6.39. The van der Waals surface area contributed by atoms with Gasteiger partial charge in [-0.2, -0.15) is 9.72 Å². The molecule has 0 unspecified atom stereocenters. The number of fused-ring (bicyclic) bond motifs is 2. The highest BCUT2D eigenvalue weighted by atomic mass is 16.6. The van der Waals surface area contributed by atoms with Crippen LogP contribution in [-0.4, -0.2) is 44.2 Å². The van der Waals surface area contributed by atoms with Gasteiger partial charge in [0.1, 0.15) is 35.8 Å². The second-order valence-electron chi connectivity index (χ2n) is 7.87. The number of benzene rings is 1. The van der Waals surface area contributed by atoms with Crippen LogP contribution in [0.4, 0.5) is 4.79 Å². The van der Waals surface area contributed by atoms with Gasteiger partial charge in [0.05, 0.1) is 24.1 Å². The fourth-order valence-electron chi connectivity index (χ4n) is 3.36. The zero-order valence-corrected chi connectivity index (χ0v) is 16.1. The molecule has 0 saturated heterocycles. The van der Waals surface area contributed by atoms with Crippen molar-refractivity contribution in [2.75, 3.05) is 13.1 Å². The molecule has 0 atom stereocenters. The van der Waals surface area contributed by atoms with Crippen LogP contribution in [0.5, 0.6) is 0 Å². The van der Waals surface area contributed by atoms with Crippen molar-refractivity contribution in [3.05, 3.63) is 34.9 Å². The van der Waals surface area contributed by atoms with Crippen molar-refractivity contribution in [1.82, 2.24) is 9.71 Å². The van der Waals surface area contributed by atoms with E-state index in [-0.39, 0.29) is 0 Å². The molecule has 1 aliphatic carbocycles. The SMILES string of the molecule is CC[N+]1(CC)Cc2nc3cc/c(=N\C(=O)OC(C)(C)C)cc-3n(O)c2C1. The number of carbonyl (C=O) groups is 1. The summed E-state index contributed by atoms with van der Waals surface area (Å²) in [6, 6.07) is 5.15. The Kier molecular flexibility index (Phi) is 4.52. The van der Waals surface area contributed by atoms with Crippen molar-refractivity contribution in [2.45, 2.75) is 53.3 Å². The number of hydrogen-bond acceptors (Lipinski definition) is 4. The van der Waals surface area contributed by atoms with Gasteiger partial charge in [-0.15, -0.1) is 0 Å². The van der Waals surface area contributed by atoms with Crippen LogP contribution in [0, 0.1) is 0 Å². The highest BCUT2D eigenvalue weighted by Gasteiger charge is 2.37. The Morgan fingerprint density at radius 3 is 2.62 bits per heavy atom. The van der Waals surface area contributed by atoms with Crippen LogP contribution in [0.1, 0.15) is 46.0 Å². The summed E-state index contributed by atoms with van der Waals surface area (Å²) < 4.78 is 7.31. The van der Waals surface area contributed by atoms with Crippen LogP contribution in [0.25, 0.3) is 11.4 Å². The van der Waals surface area contributed by atoms with Crippen molar-refractivity contribution in [2.24, 2.45) is 4.99 Å². The zero-order valence-electron chi connectivity index (χ0n) is 16.1. The van der Waals surface area contributed by atoms with E-state index in [0.29, 0.717) is 16.7 Å². The number of ether oxygens (including phenoxy) is 1. The van der Waals surface area contributed by atoms with E-state index in [1.165, 1.54) is 4.73 Å². The summed E-state index contributed by atoms with van der Waals surface area (Å²) in [5.74, 6) is 0. The summed E-state index contributed by atoms with van der Waals surface area (Å²) >= 11 is 0. The predicted octanol–water partition coefficient (Wildman–Crippen LogP) is 2.93. The first-order valence-corrected chi connectivity index (χ1v) is 9.03. The number of carbonyl (C=O) groups excluding carboxylic acids is 1. The van der Waals surface area contributed by atoms with Gasteiger partial charge in [0.15, 0.2) is 0 Å². The van der Waals surface area contributed by atoms with Crippen molar-refractivity contribution in [3.63, 3.8) is 0 Å². The van der Waals surface area contributed by atoms with Crippen molar-refractivity contribution < 1.29 is 19.2 Å². The molecule has 0 fully saturated rings. The maximum absolute atomic E-state index is 11.9. The molecule has 0 radical (unpaired) electrons. The van der Waals surface area contributed by atoms with Gasteiger partial charge in [0.25, 0.3) is 0 Å². The largest absolute Gasteiger partial charge is 0.442 e. The second-order valence-corrected chi connectivity index (χ2v) is 7.87. The zero-order chi connectivity index (χ0) is 19.1. The van der Waals surface area contributed by atoms with E-state index in [1.807, 2.05) is 0 Å². The van der Waals surface area contributed by atoms with E-state index in [1.54, 1.807) is 39.0 Å². The van der Waals surface area contributed by atoms with E-state index in [4.69, 9.17) is 9.72 Å². The molecular formula is C19H27N4O3+. The Balaban J connectivity index is 2.03. The Morgan fingerprint density at radius 1 is 1.31 bits per heavy atom. The van der Waals surface area contributed by atoms with Crippen LogP contribution in [0.15, 0.2) is 23.2 Å². The van der Waals surface area contributed by atoms with Crippen LogP contribution in [0.2, 0.25) is 0 Å². The molecule has 26 heavy (non-hydrogen) atoms. The average Bonchev–Trinajstić information content (AvgIpc) is 2.94. The summed E-state index contributed by atoms with van der Waals surface area (Å²) in [7, 11) is 0. The van der Waals surface area contributed by atoms with Crippen molar-refractivity contribution in [3.8, 4) is 11.4 Å². The molecule has 0 spiro atoms. The highest BCUT2D eigenvalue weighted by Crippen LogP contribution is 2.31. The number of nitrogens with zero attached hydrogens (tertiary/aromatic N) is 4. The quantitative estimate of drug-likeness (QED) is 0.661. The topological polar surface area (TPSA) is 76.7 Å². The summed E-state index contributed by atoms with van der Waals surface area (Å²) in [6.07, 6.45) is -0.650. The third-order valence-electron chi connectivity index (χ3n) is 4.96. The Bertz CT molecular complexity index is 875. The monoisotopic (exact) mass is 359 g/mol. The molecular weight excluding hydrogens is 332 g/mol. The minimum absolute atomic E-state index is 0.432. The van der Waals surface area contributed by atoms with Crippen LogP contribution in [0.3, 0.4) is 0 Å². The molecule has 0 aromatic rings. The van der Waals surface area contributed by atoms with Crippen LogP contribution in [-0.2, 0) is 17.8 Å². The first kappa shape index (κ1) is 18.4. The third-order valence-corrected chi connectivity index (χ3v) is 4.96. The van der Waals surface area contributed by atoms with Gasteiger partial charge in [0, 0.05) is 0 Å². The smallest absolute Gasteiger partial charge is 0.434 e. The highest BCUT2D eigenvalue weighted by molar-refractivity contribution is 5.69. The molecule has 2 aliphatic heterocycles. The lowest BCUT2D eigenvalue weighted by atomic mass is 10.2. The van der Waals surface area contributed by atoms with Crippen LogP contribution >= 0.6 is 0 Å². The van der Waals surface area contributed by atoms with E-state index in [9.17, 15) is 10.0 Å². The molecule has 0 bridgehead atoms. The van der Waals surface area contributed by atoms with Gasteiger partial charge < -0.3 is 14.4 Å². The van der Waals surface area contributed by atoms with Gasteiger partial charge in [0.2, 0.25) is 0 Å². The van der Waals surface area contributed by atoms with E-state index in [0.717, 1.165) is 42.0 Å². The number of rotatable bonds is 2. The molecule has 3 rings (SSSR count). The standard InChI is InChI=1S/C19H27N4O3/c1-6-23(7-2)11-15-17(12-23)22(25)16-10-13(8-9-14(16)21-15)20-18(24)26-19(3,4)5/h8-10,25H,6-7,11-12H2,1-5H3/q+1/b20-13+. The molecule has 7 heteroatoms. The van der Waals surface area contributed by atoms with Gasteiger partial charge >= 0.3 is 6.09 Å². The molecule has 0 saturated carbocycles. The number of aromatic nitrogens is 2. The maximum Gasteiger partial charge on any atom is 0.434 e. The summed E-state index contributed by atoms with van der Waals surface area (Å²) in [4.78, 5) is 20.6. The third kappa shape index (κ3) is 3.44. The molecule has 7 nitrogen and oxygen atoms in total. The van der Waals surface area contributed by atoms with Gasteiger partial charge in [-0.05, 0) is 52.8 Å². The molecule has 140 valence electrons. The van der Waals surface area contributed by atoms with Crippen LogP contribution < -0.4 is 5.36 Å². The Hall–Kier alpha value is -2.41. The van der Waals surface area contributed by atoms with Crippen molar-refractivity contribution >= 4 is 6.09 Å². The minimum Gasteiger partial charge on any atom is -0.442 e. The first-order valence-electron chi connectivity index (χ1n) is 9.03. The first-order chi connectivity index (χ1) is 12.2. The normalized spacial score (nSPS) is 16.7. The van der Waals surface area contributed by atoms with E-state index in [2.05, 4.69) is 18.8 Å². The average molecular weight is 359 g/mol. The lowest BCUT2D eigenvalue weighted by Crippen LogP contribution is -2.42. The summed E-state index contributed by atoms with van der Waals surface area (Å²) in [5.41, 5.74) is 2.39. The lowest BCUT2D eigenvalue weighted by Gasteiger charge is -2.30. The number of hydrogen-bond donors (Lipinski definition) is 1. The van der Waals surface area contributed by atoms with Gasteiger partial charge in [-0.3, -0.25) is 0 Å². The predicted molar refractivity (Wildman–Crippen MR) is 96.6 cm³/mol. The number of amides is 1. The van der Waals surface area contributed by atoms with E-state index >= 15 is 0 Å². The maximum atomic E-state index is 11.9. The van der Waals surface area contributed by atoms with Gasteiger partial charge in [-0.1, -0.05) is 0 Å². The summed E-state index contributed by atoms with van der Waals surface area (Å²) in [5, 5.41) is 11.2. The molecule has 0 aromatic carbocycles. The molecule has 1 amide bonds. The summed E-state index contributed by atoms with van der Waals surface area (Å²) in [6.45, 7) is 13.2.